The number of benzene rings is 4. The van der Waals surface area contributed by atoms with E-state index >= 15 is 0 Å². The van der Waals surface area contributed by atoms with Gasteiger partial charge in [0.05, 0.1) is 28.5 Å². The summed E-state index contributed by atoms with van der Waals surface area (Å²) in [5.41, 5.74) is 3.73. The van der Waals surface area contributed by atoms with Gasteiger partial charge in [0, 0.05) is 0 Å². The second-order valence-electron chi connectivity index (χ2n) is 9.45. The highest BCUT2D eigenvalue weighted by Gasteiger charge is 2.33. The van der Waals surface area contributed by atoms with Crippen molar-refractivity contribution in [1.29, 1.82) is 0 Å². The quantitative estimate of drug-likeness (QED) is 0.236. The molecule has 0 aliphatic carbocycles. The third-order valence-electron chi connectivity index (χ3n) is 7.00. The number of carbonyl (C=O) groups excluding carboxylic acids is 1. The Morgan fingerprint density at radius 2 is 1.61 bits per heavy atom. The molecule has 188 valence electrons. The zero-order valence-corrected chi connectivity index (χ0v) is 22.2. The van der Waals surface area contributed by atoms with E-state index in [1.165, 1.54) is 11.3 Å². The summed E-state index contributed by atoms with van der Waals surface area (Å²) in [6.45, 7) is 5.84. The normalized spacial score (nSPS) is 15.6. The van der Waals surface area contributed by atoms with Gasteiger partial charge in [0.15, 0.2) is 4.80 Å². The van der Waals surface area contributed by atoms with Crippen molar-refractivity contribution in [3.8, 4) is 0 Å². The Hall–Kier alpha value is -4.29. The molecule has 1 atom stereocenters. The summed E-state index contributed by atoms with van der Waals surface area (Å²) in [6, 6.07) is 25.9. The topological polar surface area (TPSA) is 60.7 Å². The summed E-state index contributed by atoms with van der Waals surface area (Å²) in [5, 5.41) is 4.39. The number of allylic oxidation sites excluding steroid dienone is 1. The highest BCUT2D eigenvalue weighted by Crippen LogP contribution is 2.32. The third kappa shape index (κ3) is 3.98. The lowest BCUT2D eigenvalue weighted by Crippen LogP contribution is -2.39. The highest BCUT2D eigenvalue weighted by atomic mass is 32.1. The molecular formula is C32H26N2O3S. The molecular weight excluding hydrogens is 492 g/mol. The molecule has 0 saturated heterocycles. The van der Waals surface area contributed by atoms with Crippen LogP contribution >= 0.6 is 11.3 Å². The number of rotatable bonds is 4. The standard InChI is InChI=1S/C32H26N2O3S/c1-4-37-31(36)28-20(3)33-32-34(29(28)21-15-13-19(2)14-16-21)30(35)27(38-32)18-26-24-11-7-5-9-22(24)17-23-10-6-8-12-25(23)26/h5-18,29H,4H2,1-3H3/t29-/m1/s1. The van der Waals surface area contributed by atoms with Crippen molar-refractivity contribution in [2.45, 2.75) is 26.8 Å². The number of aryl methyl sites for hydroxylation is 1. The minimum atomic E-state index is -0.614. The van der Waals surface area contributed by atoms with E-state index in [-0.39, 0.29) is 12.2 Å². The fraction of sp³-hybridized carbons (Fsp3) is 0.156. The smallest absolute Gasteiger partial charge is 0.338 e. The maximum Gasteiger partial charge on any atom is 0.338 e. The number of aromatic nitrogens is 1. The fourth-order valence-electron chi connectivity index (χ4n) is 5.19. The van der Waals surface area contributed by atoms with Crippen molar-refractivity contribution in [2.24, 2.45) is 4.99 Å². The van der Waals surface area contributed by atoms with Crippen LogP contribution in [0.1, 0.15) is 36.6 Å². The van der Waals surface area contributed by atoms with E-state index in [4.69, 9.17) is 9.73 Å². The van der Waals surface area contributed by atoms with Crippen molar-refractivity contribution >= 4 is 44.9 Å². The van der Waals surface area contributed by atoms with Gasteiger partial charge >= 0.3 is 5.97 Å². The van der Waals surface area contributed by atoms with Crippen molar-refractivity contribution in [1.82, 2.24) is 4.57 Å². The summed E-state index contributed by atoms with van der Waals surface area (Å²) < 4.78 is 7.62. The fourth-order valence-corrected chi connectivity index (χ4v) is 6.22. The van der Waals surface area contributed by atoms with Gasteiger partial charge in [0.1, 0.15) is 0 Å². The van der Waals surface area contributed by atoms with E-state index in [1.807, 2.05) is 68.5 Å². The summed E-state index contributed by atoms with van der Waals surface area (Å²) >= 11 is 1.35. The van der Waals surface area contributed by atoms with E-state index in [0.717, 1.165) is 38.2 Å². The molecule has 0 spiro atoms. The maximum atomic E-state index is 14.1. The maximum absolute atomic E-state index is 14.1. The predicted molar refractivity (Wildman–Crippen MR) is 153 cm³/mol. The number of fused-ring (bicyclic) bond motifs is 3. The Morgan fingerprint density at radius 1 is 0.974 bits per heavy atom. The number of hydrogen-bond donors (Lipinski definition) is 0. The molecule has 1 aliphatic rings. The van der Waals surface area contributed by atoms with Crippen LogP contribution in [0.3, 0.4) is 0 Å². The first-order valence-electron chi connectivity index (χ1n) is 12.6. The zero-order chi connectivity index (χ0) is 26.4. The van der Waals surface area contributed by atoms with Crippen LogP contribution in [0.4, 0.5) is 0 Å². The van der Waals surface area contributed by atoms with E-state index in [1.54, 1.807) is 11.5 Å². The van der Waals surface area contributed by atoms with Gasteiger partial charge in [-0.2, -0.15) is 0 Å². The van der Waals surface area contributed by atoms with Crippen LogP contribution in [0.2, 0.25) is 0 Å². The monoisotopic (exact) mass is 518 g/mol. The predicted octanol–water partition coefficient (Wildman–Crippen LogP) is 5.41. The average Bonchev–Trinajstić information content (AvgIpc) is 3.22. The molecule has 0 amide bonds. The molecule has 0 radical (unpaired) electrons. The molecule has 5 aromatic rings. The highest BCUT2D eigenvalue weighted by molar-refractivity contribution is 7.07. The molecule has 5 nitrogen and oxygen atoms in total. The summed E-state index contributed by atoms with van der Waals surface area (Å²) in [6.07, 6.45) is 1.98. The van der Waals surface area contributed by atoms with Crippen LogP contribution in [0.25, 0.3) is 27.6 Å². The van der Waals surface area contributed by atoms with Gasteiger partial charge in [-0.1, -0.05) is 89.7 Å². The van der Waals surface area contributed by atoms with Crippen LogP contribution in [0.5, 0.6) is 0 Å². The third-order valence-corrected chi connectivity index (χ3v) is 7.98. The average molecular weight is 519 g/mol. The lowest BCUT2D eigenvalue weighted by molar-refractivity contribution is -0.139. The molecule has 1 aliphatic heterocycles. The Kier molecular flexibility index (Phi) is 6.04. The lowest BCUT2D eigenvalue weighted by atomic mass is 9.95. The second kappa shape index (κ2) is 9.54. The molecule has 1 aromatic heterocycles. The van der Waals surface area contributed by atoms with Gasteiger partial charge in [-0.15, -0.1) is 0 Å². The molecule has 4 aromatic carbocycles. The Balaban J connectivity index is 1.64. The molecule has 0 bridgehead atoms. The van der Waals surface area contributed by atoms with Gasteiger partial charge in [-0.25, -0.2) is 9.79 Å². The van der Waals surface area contributed by atoms with Crippen LogP contribution in [-0.2, 0) is 9.53 Å². The van der Waals surface area contributed by atoms with Gasteiger partial charge in [-0.3, -0.25) is 9.36 Å². The Labute approximate surface area is 223 Å². The summed E-state index contributed by atoms with van der Waals surface area (Å²) in [4.78, 5) is 32.5. The van der Waals surface area contributed by atoms with E-state index in [2.05, 4.69) is 30.3 Å². The Morgan fingerprint density at radius 3 is 2.24 bits per heavy atom. The zero-order valence-electron chi connectivity index (χ0n) is 21.4. The summed E-state index contributed by atoms with van der Waals surface area (Å²) in [5.74, 6) is -0.450. The van der Waals surface area contributed by atoms with E-state index in [0.29, 0.717) is 20.6 Å². The van der Waals surface area contributed by atoms with Crippen molar-refractivity contribution in [2.75, 3.05) is 6.61 Å². The minimum absolute atomic E-state index is 0.175. The minimum Gasteiger partial charge on any atom is -0.463 e. The van der Waals surface area contributed by atoms with Gasteiger partial charge in [0.25, 0.3) is 5.56 Å². The van der Waals surface area contributed by atoms with Gasteiger partial charge < -0.3 is 4.74 Å². The number of ether oxygens (including phenoxy) is 1. The number of carbonyl (C=O) groups is 1. The molecule has 0 N–H and O–H groups in total. The number of hydrogen-bond acceptors (Lipinski definition) is 5. The van der Waals surface area contributed by atoms with Crippen LogP contribution in [-0.4, -0.2) is 17.1 Å². The first kappa shape index (κ1) is 24.1. The number of nitrogens with zero attached hydrogens (tertiary/aromatic N) is 2. The summed E-state index contributed by atoms with van der Waals surface area (Å²) in [7, 11) is 0. The Bertz CT molecular complexity index is 1890. The van der Waals surface area contributed by atoms with Crippen molar-refractivity contribution in [3.05, 3.63) is 127 Å². The lowest BCUT2D eigenvalue weighted by Gasteiger charge is -2.24. The van der Waals surface area contributed by atoms with Crippen molar-refractivity contribution in [3.63, 3.8) is 0 Å². The van der Waals surface area contributed by atoms with Crippen LogP contribution in [0, 0.1) is 6.92 Å². The molecule has 6 heteroatoms. The SMILES string of the molecule is CCOC(=O)C1=C(C)N=c2sc(=Cc3c4ccccc4cc4ccccc34)c(=O)n2[C@@H]1c1ccc(C)cc1. The van der Waals surface area contributed by atoms with Crippen molar-refractivity contribution < 1.29 is 9.53 Å². The number of esters is 1. The first-order chi connectivity index (χ1) is 18.5. The van der Waals surface area contributed by atoms with E-state index < -0.39 is 12.0 Å². The molecule has 2 heterocycles. The first-order valence-corrected chi connectivity index (χ1v) is 13.4. The molecule has 38 heavy (non-hydrogen) atoms. The van der Waals surface area contributed by atoms with Crippen LogP contribution in [0.15, 0.2) is 99.9 Å². The molecule has 0 unspecified atom stereocenters. The second-order valence-corrected chi connectivity index (χ2v) is 10.5. The van der Waals surface area contributed by atoms with Crippen LogP contribution < -0.4 is 14.9 Å². The van der Waals surface area contributed by atoms with Gasteiger partial charge in [-0.05, 0) is 65.6 Å². The molecule has 6 rings (SSSR count). The largest absolute Gasteiger partial charge is 0.463 e. The van der Waals surface area contributed by atoms with Gasteiger partial charge in [0.2, 0.25) is 0 Å². The molecule has 0 saturated carbocycles. The number of thiazole rings is 1. The van der Waals surface area contributed by atoms with E-state index in [9.17, 15) is 9.59 Å². The molecule has 0 fully saturated rings.